The van der Waals surface area contributed by atoms with E-state index >= 15 is 0 Å². The van der Waals surface area contributed by atoms with E-state index in [0.29, 0.717) is 16.8 Å². The molecular weight excluding hydrogens is 246 g/mol. The van der Waals surface area contributed by atoms with E-state index < -0.39 is 5.97 Å². The van der Waals surface area contributed by atoms with Crippen LogP contribution < -0.4 is 17.3 Å². The molecule has 7 heteroatoms. The Morgan fingerprint density at radius 3 is 2.42 bits per heavy atom. The number of benzene rings is 1. The van der Waals surface area contributed by atoms with E-state index in [-0.39, 0.29) is 5.84 Å². The van der Waals surface area contributed by atoms with Crippen LogP contribution in [-0.4, -0.2) is 31.1 Å². The third-order valence-corrected chi connectivity index (χ3v) is 2.02. The largest absolute Gasteiger partial charge is 0.465 e. The van der Waals surface area contributed by atoms with Gasteiger partial charge in [0, 0.05) is 18.3 Å². The van der Waals surface area contributed by atoms with Crippen molar-refractivity contribution in [1.82, 2.24) is 5.12 Å². The van der Waals surface area contributed by atoms with Crippen LogP contribution in [0.25, 0.3) is 0 Å². The second-order valence-electron chi connectivity index (χ2n) is 3.35. The van der Waals surface area contributed by atoms with Crippen LogP contribution >= 0.6 is 0 Å². The number of ether oxygens (including phenoxy) is 1. The van der Waals surface area contributed by atoms with Crippen LogP contribution in [0.2, 0.25) is 0 Å². The maximum atomic E-state index is 11.3. The van der Waals surface area contributed by atoms with Crippen molar-refractivity contribution in [3.8, 4) is 0 Å². The van der Waals surface area contributed by atoms with Gasteiger partial charge in [0.1, 0.15) is 0 Å². The molecule has 6 N–H and O–H groups in total. The first-order valence-electron chi connectivity index (χ1n) is 5.76. The smallest absolute Gasteiger partial charge is 0.337 e. The Bertz CT molecular complexity index is 457. The van der Waals surface area contributed by atoms with Gasteiger partial charge in [0.05, 0.1) is 12.7 Å². The number of hydrogen-bond acceptors (Lipinski definition) is 6. The first-order chi connectivity index (χ1) is 8.95. The number of anilines is 1. The van der Waals surface area contributed by atoms with E-state index in [1.807, 2.05) is 13.8 Å². The summed E-state index contributed by atoms with van der Waals surface area (Å²) in [6.45, 7) is 4.00. The van der Waals surface area contributed by atoms with E-state index in [2.05, 4.69) is 9.84 Å². The number of carbonyl (C=O) groups excluding carboxylic acids is 1. The fourth-order valence-corrected chi connectivity index (χ4v) is 1.25. The Kier molecular flexibility index (Phi) is 6.98. The van der Waals surface area contributed by atoms with Gasteiger partial charge in [-0.25, -0.2) is 15.8 Å². The molecule has 0 aliphatic rings. The quantitative estimate of drug-likeness (QED) is 0.183. The number of esters is 1. The van der Waals surface area contributed by atoms with Crippen LogP contribution in [0.15, 0.2) is 23.3 Å². The first-order valence-corrected chi connectivity index (χ1v) is 5.76. The summed E-state index contributed by atoms with van der Waals surface area (Å²) in [7, 11) is 2.82. The van der Waals surface area contributed by atoms with Gasteiger partial charge < -0.3 is 16.2 Å². The molecule has 0 saturated carbocycles. The molecule has 0 spiro atoms. The minimum absolute atomic E-state index is 0.123. The topological polar surface area (TPSA) is 120 Å². The van der Waals surface area contributed by atoms with Crippen LogP contribution in [0.3, 0.4) is 0 Å². The van der Waals surface area contributed by atoms with Crippen molar-refractivity contribution < 1.29 is 9.53 Å². The Morgan fingerprint density at radius 1 is 1.37 bits per heavy atom. The van der Waals surface area contributed by atoms with Crippen molar-refractivity contribution in [3.05, 3.63) is 29.3 Å². The van der Waals surface area contributed by atoms with Crippen LogP contribution in [-0.2, 0) is 4.74 Å². The van der Waals surface area contributed by atoms with Gasteiger partial charge in [-0.1, -0.05) is 13.8 Å². The highest BCUT2D eigenvalue weighted by molar-refractivity contribution is 6.04. The second-order valence-corrected chi connectivity index (χ2v) is 3.35. The maximum absolute atomic E-state index is 11.3. The highest BCUT2D eigenvalue weighted by atomic mass is 16.5. The Hall–Kier alpha value is -2.28. The maximum Gasteiger partial charge on any atom is 0.337 e. The standard InChI is InChI=1S/C10H15N5O2.C2H6/c1-15(13)14-9(12)7-5-6(10(16)17-2)3-4-8(7)11;1-2/h3-5H,11,13H2,1-2H3,(H2,12,14);1-2H3. The Labute approximate surface area is 113 Å². The summed E-state index contributed by atoms with van der Waals surface area (Å²) in [5.41, 5.74) is 12.6. The van der Waals surface area contributed by atoms with E-state index in [1.165, 1.54) is 20.2 Å². The third kappa shape index (κ3) is 4.84. The summed E-state index contributed by atoms with van der Waals surface area (Å²) in [5, 5.41) is 4.86. The molecule has 19 heavy (non-hydrogen) atoms. The van der Waals surface area contributed by atoms with Crippen molar-refractivity contribution in [1.29, 1.82) is 0 Å². The lowest BCUT2D eigenvalue weighted by molar-refractivity contribution is 0.0601. The molecule has 106 valence electrons. The molecule has 0 bridgehead atoms. The van der Waals surface area contributed by atoms with Crippen LogP contribution in [0, 0.1) is 0 Å². The number of nitrogen functional groups attached to an aromatic ring is 1. The predicted molar refractivity (Wildman–Crippen MR) is 76.2 cm³/mol. The number of amidine groups is 1. The molecule has 0 unspecified atom stereocenters. The zero-order valence-corrected chi connectivity index (χ0v) is 11.7. The molecule has 0 atom stereocenters. The zero-order chi connectivity index (χ0) is 15.0. The van der Waals surface area contributed by atoms with E-state index in [1.54, 1.807) is 12.1 Å². The summed E-state index contributed by atoms with van der Waals surface area (Å²) in [5.74, 6) is 4.99. The van der Waals surface area contributed by atoms with Gasteiger partial charge >= 0.3 is 5.97 Å². The monoisotopic (exact) mass is 267 g/mol. The lowest BCUT2D eigenvalue weighted by atomic mass is 10.1. The summed E-state index contributed by atoms with van der Waals surface area (Å²) in [4.78, 5) is 11.3. The average Bonchev–Trinajstić information content (AvgIpc) is 2.39. The van der Waals surface area contributed by atoms with Crippen molar-refractivity contribution in [2.24, 2.45) is 16.7 Å². The summed E-state index contributed by atoms with van der Waals surface area (Å²) >= 11 is 0. The van der Waals surface area contributed by atoms with E-state index in [9.17, 15) is 4.79 Å². The molecule has 0 amide bonds. The average molecular weight is 267 g/mol. The van der Waals surface area contributed by atoms with Crippen molar-refractivity contribution >= 4 is 17.5 Å². The van der Waals surface area contributed by atoms with Gasteiger partial charge in [0.25, 0.3) is 0 Å². The van der Waals surface area contributed by atoms with Crippen LogP contribution in [0.5, 0.6) is 0 Å². The lowest BCUT2D eigenvalue weighted by Crippen LogP contribution is -2.26. The summed E-state index contributed by atoms with van der Waals surface area (Å²) < 4.78 is 4.60. The minimum atomic E-state index is -0.472. The van der Waals surface area contributed by atoms with Crippen molar-refractivity contribution in [2.45, 2.75) is 13.8 Å². The minimum Gasteiger partial charge on any atom is -0.465 e. The zero-order valence-electron chi connectivity index (χ0n) is 11.7. The van der Waals surface area contributed by atoms with Gasteiger partial charge in [-0.05, 0) is 18.2 Å². The third-order valence-electron chi connectivity index (χ3n) is 2.02. The Balaban J connectivity index is 0.00000154. The van der Waals surface area contributed by atoms with Crippen LogP contribution in [0.1, 0.15) is 29.8 Å². The number of hydrazone groups is 1. The molecule has 0 radical (unpaired) electrons. The highest BCUT2D eigenvalue weighted by Gasteiger charge is 2.11. The fraction of sp³-hybridized carbons (Fsp3) is 0.333. The molecule has 0 aliphatic carbocycles. The molecule has 1 aromatic rings. The SMILES string of the molecule is CC.COC(=O)c1ccc(N)c(/C(N)=N/N(C)N)c1. The molecular formula is C12H21N5O2. The summed E-state index contributed by atoms with van der Waals surface area (Å²) in [6, 6.07) is 4.61. The van der Waals surface area contributed by atoms with Gasteiger partial charge in [-0.2, -0.15) is 0 Å². The number of nitrogens with zero attached hydrogens (tertiary/aromatic N) is 2. The lowest BCUT2D eigenvalue weighted by Gasteiger charge is -2.10. The fourth-order valence-electron chi connectivity index (χ4n) is 1.25. The van der Waals surface area contributed by atoms with E-state index in [4.69, 9.17) is 17.3 Å². The molecule has 0 saturated heterocycles. The molecule has 7 nitrogen and oxygen atoms in total. The number of hydrogen-bond donors (Lipinski definition) is 3. The number of carbonyl (C=O) groups is 1. The van der Waals surface area contributed by atoms with E-state index in [0.717, 1.165) is 5.12 Å². The number of nitrogens with two attached hydrogens (primary N) is 3. The molecule has 1 rings (SSSR count). The molecule has 0 aromatic heterocycles. The molecule has 0 heterocycles. The highest BCUT2D eigenvalue weighted by Crippen LogP contribution is 2.14. The van der Waals surface area contributed by atoms with Crippen LogP contribution in [0.4, 0.5) is 5.69 Å². The van der Waals surface area contributed by atoms with Crippen molar-refractivity contribution in [2.75, 3.05) is 19.9 Å². The van der Waals surface area contributed by atoms with Gasteiger partial charge in [-0.15, -0.1) is 5.10 Å². The molecule has 1 aromatic carbocycles. The summed E-state index contributed by atoms with van der Waals surface area (Å²) in [6.07, 6.45) is 0. The normalized spacial score (nSPS) is 10.3. The van der Waals surface area contributed by atoms with Gasteiger partial charge in [0.2, 0.25) is 0 Å². The molecule has 0 fully saturated rings. The second kappa shape index (κ2) is 7.93. The first kappa shape index (κ1) is 16.7. The number of rotatable bonds is 3. The number of hydrazine groups is 1. The van der Waals surface area contributed by atoms with Gasteiger partial charge in [0.15, 0.2) is 5.84 Å². The van der Waals surface area contributed by atoms with Crippen molar-refractivity contribution in [3.63, 3.8) is 0 Å². The predicted octanol–water partition coefficient (Wildman–Crippen LogP) is 0.507. The van der Waals surface area contributed by atoms with Gasteiger partial charge in [-0.3, -0.25) is 0 Å². The molecule has 0 aliphatic heterocycles. The Morgan fingerprint density at radius 2 is 1.95 bits per heavy atom. The number of methoxy groups -OCH3 is 1.